The van der Waals surface area contributed by atoms with Gasteiger partial charge >= 0.3 is 0 Å². The quantitative estimate of drug-likeness (QED) is 0.728. The second kappa shape index (κ2) is 8.76. The summed E-state index contributed by atoms with van der Waals surface area (Å²) in [6.07, 6.45) is 1.47. The monoisotopic (exact) mass is 333 g/mol. The van der Waals surface area contributed by atoms with E-state index in [2.05, 4.69) is 5.32 Å². The van der Waals surface area contributed by atoms with Crippen LogP contribution in [0, 0.1) is 5.82 Å². The summed E-state index contributed by atoms with van der Waals surface area (Å²) >= 11 is 0. The van der Waals surface area contributed by atoms with Gasteiger partial charge < -0.3 is 19.9 Å². The molecule has 1 amide bonds. The number of carbonyl (C=O) groups excluding carboxylic acids is 1. The number of phenolic OH excluding ortho intramolecular Hbond substituents is 1. The normalized spacial score (nSPS) is 10.2. The highest BCUT2D eigenvalue weighted by molar-refractivity contribution is 5.96. The van der Waals surface area contributed by atoms with Crippen LogP contribution in [0.4, 0.5) is 4.39 Å². The number of benzene rings is 2. The highest BCUT2D eigenvalue weighted by Crippen LogP contribution is 2.23. The van der Waals surface area contributed by atoms with E-state index in [4.69, 9.17) is 9.47 Å². The van der Waals surface area contributed by atoms with Crippen molar-refractivity contribution < 1.29 is 23.8 Å². The van der Waals surface area contributed by atoms with Crippen LogP contribution in [-0.4, -0.2) is 31.3 Å². The fourth-order valence-corrected chi connectivity index (χ4v) is 2.08. The summed E-state index contributed by atoms with van der Waals surface area (Å²) < 4.78 is 23.2. The van der Waals surface area contributed by atoms with Crippen LogP contribution >= 0.6 is 0 Å². The fourth-order valence-electron chi connectivity index (χ4n) is 2.08. The van der Waals surface area contributed by atoms with Gasteiger partial charge in [0.15, 0.2) is 0 Å². The lowest BCUT2D eigenvalue weighted by molar-refractivity contribution is 0.0949. The number of amides is 1. The minimum Gasteiger partial charge on any atom is -0.507 e. The number of ether oxygens (including phenoxy) is 2. The van der Waals surface area contributed by atoms with Crippen LogP contribution < -0.4 is 14.8 Å². The first-order valence-electron chi connectivity index (χ1n) is 7.63. The predicted octanol–water partition coefficient (Wildman–Crippen LogP) is 3.13. The highest BCUT2D eigenvalue weighted by Gasteiger charge is 2.11. The molecule has 0 atom stereocenters. The van der Waals surface area contributed by atoms with E-state index in [9.17, 15) is 14.3 Å². The summed E-state index contributed by atoms with van der Waals surface area (Å²) in [6.45, 7) is 0.951. The van der Waals surface area contributed by atoms with Crippen molar-refractivity contribution in [2.24, 2.45) is 0 Å². The topological polar surface area (TPSA) is 67.8 Å². The maximum atomic E-state index is 12.7. The Balaban J connectivity index is 1.66. The number of aromatic hydroxyl groups is 1. The molecule has 6 heteroatoms. The molecule has 0 aliphatic carbocycles. The van der Waals surface area contributed by atoms with Crippen LogP contribution in [0.3, 0.4) is 0 Å². The van der Waals surface area contributed by atoms with Gasteiger partial charge in [0, 0.05) is 12.6 Å². The Morgan fingerprint density at radius 2 is 1.83 bits per heavy atom. The van der Waals surface area contributed by atoms with Gasteiger partial charge in [-0.3, -0.25) is 4.79 Å². The molecule has 0 fully saturated rings. The van der Waals surface area contributed by atoms with E-state index in [0.717, 1.165) is 12.8 Å². The summed E-state index contributed by atoms with van der Waals surface area (Å²) in [5.74, 6) is 0.346. The van der Waals surface area contributed by atoms with E-state index in [-0.39, 0.29) is 23.0 Å². The molecule has 2 N–H and O–H groups in total. The van der Waals surface area contributed by atoms with Gasteiger partial charge in [-0.1, -0.05) is 0 Å². The third-order valence-corrected chi connectivity index (χ3v) is 3.39. The molecule has 0 saturated heterocycles. The van der Waals surface area contributed by atoms with Crippen molar-refractivity contribution >= 4 is 5.91 Å². The molecule has 128 valence electrons. The van der Waals surface area contributed by atoms with Crippen molar-refractivity contribution in [1.29, 1.82) is 0 Å². The average Bonchev–Trinajstić information content (AvgIpc) is 2.59. The Morgan fingerprint density at radius 1 is 1.12 bits per heavy atom. The van der Waals surface area contributed by atoms with E-state index < -0.39 is 0 Å². The standard InChI is InChI=1S/C18H20FNO4/c1-23-15-8-9-16(17(21)12-15)18(22)20-10-2-3-11-24-14-6-4-13(19)5-7-14/h4-9,12,21H,2-3,10-11H2,1H3,(H,20,22). The van der Waals surface area contributed by atoms with Gasteiger partial charge in [-0.05, 0) is 49.2 Å². The van der Waals surface area contributed by atoms with Crippen LogP contribution in [0.5, 0.6) is 17.2 Å². The van der Waals surface area contributed by atoms with E-state index in [1.165, 1.54) is 31.4 Å². The van der Waals surface area contributed by atoms with Gasteiger partial charge in [-0.25, -0.2) is 4.39 Å². The van der Waals surface area contributed by atoms with Crippen LogP contribution in [0.25, 0.3) is 0 Å². The summed E-state index contributed by atoms with van der Waals surface area (Å²) in [5, 5.41) is 12.5. The molecule has 24 heavy (non-hydrogen) atoms. The number of nitrogens with one attached hydrogen (secondary N) is 1. The molecule has 2 aromatic carbocycles. The maximum absolute atomic E-state index is 12.7. The average molecular weight is 333 g/mol. The molecule has 0 unspecified atom stereocenters. The number of unbranched alkanes of at least 4 members (excludes halogenated alkanes) is 1. The van der Waals surface area contributed by atoms with Gasteiger partial charge in [-0.2, -0.15) is 0 Å². The Morgan fingerprint density at radius 3 is 2.50 bits per heavy atom. The lowest BCUT2D eigenvalue weighted by atomic mass is 10.1. The van der Waals surface area contributed by atoms with Crippen molar-refractivity contribution in [2.75, 3.05) is 20.3 Å². The van der Waals surface area contributed by atoms with Gasteiger partial charge in [-0.15, -0.1) is 0 Å². The third kappa shape index (κ3) is 5.15. The predicted molar refractivity (Wildman–Crippen MR) is 88.1 cm³/mol. The summed E-state index contributed by atoms with van der Waals surface area (Å²) in [4.78, 5) is 12.0. The van der Waals surface area contributed by atoms with E-state index >= 15 is 0 Å². The molecule has 0 heterocycles. The Kier molecular flexibility index (Phi) is 6.42. The van der Waals surface area contributed by atoms with Crippen molar-refractivity contribution in [1.82, 2.24) is 5.32 Å². The van der Waals surface area contributed by atoms with Crippen molar-refractivity contribution in [3.63, 3.8) is 0 Å². The first-order valence-corrected chi connectivity index (χ1v) is 7.63. The van der Waals surface area contributed by atoms with Crippen LogP contribution in [0.15, 0.2) is 42.5 Å². The van der Waals surface area contributed by atoms with Gasteiger partial charge in [0.05, 0.1) is 19.3 Å². The van der Waals surface area contributed by atoms with Crippen molar-refractivity contribution in [2.45, 2.75) is 12.8 Å². The molecule has 0 aliphatic rings. The van der Waals surface area contributed by atoms with Gasteiger partial charge in [0.2, 0.25) is 0 Å². The fraction of sp³-hybridized carbons (Fsp3) is 0.278. The van der Waals surface area contributed by atoms with Crippen LogP contribution in [0.1, 0.15) is 23.2 Å². The SMILES string of the molecule is COc1ccc(C(=O)NCCCCOc2ccc(F)cc2)c(O)c1. The molecule has 2 rings (SSSR count). The number of phenols is 1. The van der Waals surface area contributed by atoms with Crippen LogP contribution in [-0.2, 0) is 0 Å². The van der Waals surface area contributed by atoms with Crippen molar-refractivity contribution in [3.8, 4) is 17.2 Å². The zero-order valence-corrected chi connectivity index (χ0v) is 13.4. The summed E-state index contributed by atoms with van der Waals surface area (Å²) in [6, 6.07) is 10.4. The lowest BCUT2D eigenvalue weighted by Crippen LogP contribution is -2.24. The van der Waals surface area contributed by atoms with Crippen LogP contribution in [0.2, 0.25) is 0 Å². The molecular weight excluding hydrogens is 313 g/mol. The first kappa shape index (κ1) is 17.6. The zero-order valence-electron chi connectivity index (χ0n) is 13.4. The van der Waals surface area contributed by atoms with E-state index in [1.54, 1.807) is 18.2 Å². The lowest BCUT2D eigenvalue weighted by Gasteiger charge is -2.09. The molecule has 0 spiro atoms. The van der Waals surface area contributed by atoms with Gasteiger partial charge in [0.1, 0.15) is 23.1 Å². The minimum atomic E-state index is -0.338. The largest absolute Gasteiger partial charge is 0.507 e. The second-order valence-corrected chi connectivity index (χ2v) is 5.15. The van der Waals surface area contributed by atoms with E-state index in [0.29, 0.717) is 24.7 Å². The van der Waals surface area contributed by atoms with Gasteiger partial charge in [0.25, 0.3) is 5.91 Å². The number of carbonyl (C=O) groups is 1. The second-order valence-electron chi connectivity index (χ2n) is 5.15. The maximum Gasteiger partial charge on any atom is 0.255 e. The zero-order chi connectivity index (χ0) is 17.4. The summed E-state index contributed by atoms with van der Waals surface area (Å²) in [5.41, 5.74) is 0.207. The highest BCUT2D eigenvalue weighted by atomic mass is 19.1. The van der Waals surface area contributed by atoms with Crippen molar-refractivity contribution in [3.05, 3.63) is 53.8 Å². The number of hydrogen-bond acceptors (Lipinski definition) is 4. The number of methoxy groups -OCH3 is 1. The first-order chi connectivity index (χ1) is 11.6. The number of rotatable bonds is 8. The smallest absolute Gasteiger partial charge is 0.255 e. The molecule has 5 nitrogen and oxygen atoms in total. The molecule has 0 radical (unpaired) electrons. The Hall–Kier alpha value is -2.76. The third-order valence-electron chi connectivity index (χ3n) is 3.39. The molecule has 2 aromatic rings. The molecular formula is C18H20FNO4. The van der Waals surface area contributed by atoms with E-state index in [1.807, 2.05) is 0 Å². The minimum absolute atomic E-state index is 0.119. The molecule has 0 aromatic heterocycles. The number of hydrogen-bond donors (Lipinski definition) is 2. The Labute approximate surface area is 140 Å². The molecule has 0 saturated carbocycles. The number of halogens is 1. The Bertz CT molecular complexity index is 673. The molecule has 0 aliphatic heterocycles. The molecule has 0 bridgehead atoms. The summed E-state index contributed by atoms with van der Waals surface area (Å²) in [7, 11) is 1.49.